The molecule has 160 valence electrons. The van der Waals surface area contributed by atoms with Crippen LogP contribution in [0.2, 0.25) is 0 Å². The number of carbonyl (C=O) groups excluding carboxylic acids is 2. The standard InChI is InChI=1S/C22H27N3O4S/c1-6-24(7-2)18(26)12-16-13-30-22-23-14(3)19(21(27)29-5)20(25(16)22)15-9-8-10-17(11-15)28-4/h8-11,13,20H,6-7,12H2,1-5H3. The van der Waals surface area contributed by atoms with Crippen molar-refractivity contribution >= 4 is 28.8 Å². The smallest absolute Gasteiger partial charge is 0.338 e. The number of amides is 1. The molecule has 2 heterocycles. The molecular weight excluding hydrogens is 402 g/mol. The molecule has 0 aromatic heterocycles. The van der Waals surface area contributed by atoms with Gasteiger partial charge < -0.3 is 19.3 Å². The van der Waals surface area contributed by atoms with Gasteiger partial charge in [0.25, 0.3) is 0 Å². The van der Waals surface area contributed by atoms with Gasteiger partial charge in [-0.25, -0.2) is 9.79 Å². The molecule has 30 heavy (non-hydrogen) atoms. The summed E-state index contributed by atoms with van der Waals surface area (Å²) in [6.07, 6.45) is 0.238. The second-order valence-electron chi connectivity index (χ2n) is 6.90. The number of fused-ring (bicyclic) bond motifs is 1. The Hall–Kier alpha value is -2.74. The zero-order valence-corrected chi connectivity index (χ0v) is 18.8. The van der Waals surface area contributed by atoms with E-state index in [4.69, 9.17) is 9.47 Å². The molecule has 0 aliphatic carbocycles. The van der Waals surface area contributed by atoms with Crippen LogP contribution in [0.15, 0.2) is 51.6 Å². The third kappa shape index (κ3) is 4.09. The van der Waals surface area contributed by atoms with E-state index in [-0.39, 0.29) is 12.3 Å². The quantitative estimate of drug-likeness (QED) is 0.616. The van der Waals surface area contributed by atoms with E-state index < -0.39 is 12.0 Å². The molecular formula is C22H27N3O4S. The average molecular weight is 430 g/mol. The van der Waals surface area contributed by atoms with Crippen molar-refractivity contribution in [1.82, 2.24) is 9.80 Å². The van der Waals surface area contributed by atoms with E-state index in [0.717, 1.165) is 16.4 Å². The first-order valence-electron chi connectivity index (χ1n) is 9.89. The maximum absolute atomic E-state index is 12.8. The van der Waals surface area contributed by atoms with Gasteiger partial charge in [0.05, 0.1) is 38.0 Å². The number of benzene rings is 1. The number of aliphatic imine (C=N–C) groups is 1. The lowest BCUT2D eigenvalue weighted by molar-refractivity contribution is -0.136. The van der Waals surface area contributed by atoms with Gasteiger partial charge in [-0.3, -0.25) is 4.79 Å². The second kappa shape index (κ2) is 9.38. The molecule has 0 bridgehead atoms. The number of rotatable bonds is 7. The highest BCUT2D eigenvalue weighted by atomic mass is 32.2. The van der Waals surface area contributed by atoms with Crippen molar-refractivity contribution in [3.05, 3.63) is 52.2 Å². The second-order valence-corrected chi connectivity index (χ2v) is 7.74. The van der Waals surface area contributed by atoms with Crippen LogP contribution in [-0.4, -0.2) is 54.2 Å². The minimum absolute atomic E-state index is 0.0448. The maximum Gasteiger partial charge on any atom is 0.338 e. The topological polar surface area (TPSA) is 71.4 Å². The van der Waals surface area contributed by atoms with Crippen molar-refractivity contribution < 1.29 is 19.1 Å². The van der Waals surface area contributed by atoms with Crippen molar-refractivity contribution in [2.24, 2.45) is 4.99 Å². The summed E-state index contributed by atoms with van der Waals surface area (Å²) in [6, 6.07) is 7.13. The van der Waals surface area contributed by atoms with Gasteiger partial charge in [0.2, 0.25) is 5.91 Å². The average Bonchev–Trinajstić information content (AvgIpc) is 3.14. The molecule has 8 heteroatoms. The molecule has 7 nitrogen and oxygen atoms in total. The van der Waals surface area contributed by atoms with Crippen LogP contribution in [0.1, 0.15) is 38.8 Å². The molecule has 1 aromatic carbocycles. The van der Waals surface area contributed by atoms with Gasteiger partial charge in [0.15, 0.2) is 5.17 Å². The summed E-state index contributed by atoms with van der Waals surface area (Å²) in [7, 11) is 2.97. The number of hydrogen-bond donors (Lipinski definition) is 0. The molecule has 0 fully saturated rings. The largest absolute Gasteiger partial charge is 0.497 e. The van der Waals surface area contributed by atoms with Crippen molar-refractivity contribution in [3.8, 4) is 5.75 Å². The fourth-order valence-electron chi connectivity index (χ4n) is 3.71. The predicted molar refractivity (Wildman–Crippen MR) is 118 cm³/mol. The first-order chi connectivity index (χ1) is 14.4. The zero-order valence-electron chi connectivity index (χ0n) is 18.0. The van der Waals surface area contributed by atoms with E-state index in [1.165, 1.54) is 18.9 Å². The maximum atomic E-state index is 12.8. The Balaban J connectivity index is 2.06. The highest BCUT2D eigenvalue weighted by Gasteiger charge is 2.41. The normalized spacial score (nSPS) is 17.9. The molecule has 1 unspecified atom stereocenters. The number of hydrogen-bond acceptors (Lipinski definition) is 7. The van der Waals surface area contributed by atoms with E-state index in [2.05, 4.69) is 4.99 Å². The van der Waals surface area contributed by atoms with E-state index >= 15 is 0 Å². The van der Waals surface area contributed by atoms with Crippen molar-refractivity contribution in [2.75, 3.05) is 27.3 Å². The Morgan fingerprint density at radius 3 is 2.60 bits per heavy atom. The summed E-state index contributed by atoms with van der Waals surface area (Å²) >= 11 is 1.46. The molecule has 0 spiro atoms. The number of nitrogens with zero attached hydrogens (tertiary/aromatic N) is 3. The monoisotopic (exact) mass is 429 g/mol. The van der Waals surface area contributed by atoms with Gasteiger partial charge in [-0.05, 0) is 43.9 Å². The number of allylic oxidation sites excluding steroid dienone is 1. The Bertz CT molecular complexity index is 934. The van der Waals surface area contributed by atoms with Crippen LogP contribution in [0.3, 0.4) is 0 Å². The van der Waals surface area contributed by atoms with Crippen LogP contribution in [0.4, 0.5) is 0 Å². The van der Waals surface area contributed by atoms with Crippen molar-refractivity contribution in [3.63, 3.8) is 0 Å². The Kier molecular flexibility index (Phi) is 6.87. The van der Waals surface area contributed by atoms with Crippen LogP contribution in [0.5, 0.6) is 5.75 Å². The summed E-state index contributed by atoms with van der Waals surface area (Å²) in [4.78, 5) is 33.9. The first-order valence-corrected chi connectivity index (χ1v) is 10.8. The Morgan fingerprint density at radius 1 is 1.23 bits per heavy atom. The zero-order chi connectivity index (χ0) is 21.8. The Labute approximate surface area is 181 Å². The fraction of sp³-hybridized carbons (Fsp3) is 0.409. The molecule has 1 amide bonds. The molecule has 0 N–H and O–H groups in total. The van der Waals surface area contributed by atoms with E-state index in [0.29, 0.717) is 30.1 Å². The van der Waals surface area contributed by atoms with Gasteiger partial charge in [-0.15, -0.1) is 0 Å². The van der Waals surface area contributed by atoms with E-state index in [1.807, 2.05) is 55.3 Å². The van der Waals surface area contributed by atoms with Crippen LogP contribution >= 0.6 is 11.8 Å². The highest BCUT2D eigenvalue weighted by Crippen LogP contribution is 2.45. The fourth-order valence-corrected chi connectivity index (χ4v) is 4.68. The molecule has 3 rings (SSSR count). The molecule has 0 saturated carbocycles. The number of carbonyl (C=O) groups is 2. The molecule has 2 aliphatic heterocycles. The van der Waals surface area contributed by atoms with Crippen LogP contribution in [-0.2, 0) is 14.3 Å². The summed E-state index contributed by atoms with van der Waals surface area (Å²) in [6.45, 7) is 7.05. The summed E-state index contributed by atoms with van der Waals surface area (Å²) in [5.41, 5.74) is 2.75. The summed E-state index contributed by atoms with van der Waals surface area (Å²) in [5.74, 6) is 0.299. The molecule has 0 radical (unpaired) electrons. The number of esters is 1. The lowest BCUT2D eigenvalue weighted by Gasteiger charge is -2.36. The number of methoxy groups -OCH3 is 2. The lowest BCUT2D eigenvalue weighted by atomic mass is 9.93. The molecule has 1 atom stereocenters. The van der Waals surface area contributed by atoms with Crippen molar-refractivity contribution in [2.45, 2.75) is 33.2 Å². The first kappa shape index (κ1) is 22.0. The van der Waals surface area contributed by atoms with Crippen LogP contribution in [0, 0.1) is 0 Å². The van der Waals surface area contributed by atoms with Crippen molar-refractivity contribution in [1.29, 1.82) is 0 Å². The summed E-state index contributed by atoms with van der Waals surface area (Å²) in [5, 5.41) is 2.69. The molecule has 0 saturated heterocycles. The predicted octanol–water partition coefficient (Wildman–Crippen LogP) is 3.70. The van der Waals surface area contributed by atoms with Gasteiger partial charge in [-0.1, -0.05) is 23.9 Å². The van der Waals surface area contributed by atoms with E-state index in [9.17, 15) is 9.59 Å². The third-order valence-electron chi connectivity index (χ3n) is 5.26. The SMILES string of the molecule is CCN(CC)C(=O)CC1=CSC2=NC(C)=C(C(=O)OC)C(c3cccc(OC)c3)N12. The van der Waals surface area contributed by atoms with Crippen LogP contribution < -0.4 is 4.74 Å². The molecule has 2 aliphatic rings. The van der Waals surface area contributed by atoms with Gasteiger partial charge in [0.1, 0.15) is 5.75 Å². The van der Waals surface area contributed by atoms with E-state index in [1.54, 1.807) is 12.0 Å². The minimum Gasteiger partial charge on any atom is -0.497 e. The van der Waals surface area contributed by atoms with Gasteiger partial charge in [-0.2, -0.15) is 0 Å². The third-order valence-corrected chi connectivity index (χ3v) is 6.15. The summed E-state index contributed by atoms with van der Waals surface area (Å²) < 4.78 is 10.5. The number of amidine groups is 1. The number of thioether (sulfide) groups is 1. The molecule has 1 aromatic rings. The highest BCUT2D eigenvalue weighted by molar-refractivity contribution is 8.16. The lowest BCUT2D eigenvalue weighted by Crippen LogP contribution is -2.38. The Morgan fingerprint density at radius 2 is 1.97 bits per heavy atom. The minimum atomic E-state index is -0.453. The number of ether oxygens (including phenoxy) is 2. The van der Waals surface area contributed by atoms with Crippen LogP contribution in [0.25, 0.3) is 0 Å². The van der Waals surface area contributed by atoms with Gasteiger partial charge >= 0.3 is 5.97 Å². The van der Waals surface area contributed by atoms with Gasteiger partial charge in [0, 0.05) is 18.8 Å².